The molecule has 1 fully saturated rings. The van der Waals surface area contributed by atoms with E-state index >= 15 is 0 Å². The van der Waals surface area contributed by atoms with Crippen LogP contribution in [0.5, 0.6) is 16.7 Å². The first kappa shape index (κ1) is 27.4. The van der Waals surface area contributed by atoms with Crippen LogP contribution in [0.25, 0.3) is 38.0 Å². The lowest BCUT2D eigenvalue weighted by Gasteiger charge is -2.26. The summed E-state index contributed by atoms with van der Waals surface area (Å²) in [5, 5.41) is 8.53. The van der Waals surface area contributed by atoms with Gasteiger partial charge in [-0.15, -0.1) is 16.4 Å². The summed E-state index contributed by atoms with van der Waals surface area (Å²) in [5.41, 5.74) is 3.75. The SMILES string of the molecule is COc1cc(OCc2csc(-c3ccc(C(=O)N4C(C)CCC4C)cc3)n2)c2cc(-c3cn4nc(OC)sc4n3)oc2c1. The van der Waals surface area contributed by atoms with Gasteiger partial charge in [0.05, 0.1) is 31.5 Å². The second kappa shape index (κ2) is 11.0. The number of nitrogens with zero attached hydrogens (tertiary/aromatic N) is 5. The topological polar surface area (TPSA) is 104 Å². The maximum Gasteiger partial charge on any atom is 0.294 e. The van der Waals surface area contributed by atoms with E-state index in [1.54, 1.807) is 36.3 Å². The van der Waals surface area contributed by atoms with Crippen LogP contribution in [0, 0.1) is 0 Å². The summed E-state index contributed by atoms with van der Waals surface area (Å²) in [7, 11) is 3.19. The first-order valence-electron chi connectivity index (χ1n) is 13.9. The van der Waals surface area contributed by atoms with Crippen molar-refractivity contribution in [3.05, 3.63) is 65.3 Å². The molecule has 1 aliphatic rings. The monoisotopic (exact) mass is 615 g/mol. The van der Waals surface area contributed by atoms with E-state index in [4.69, 9.17) is 23.6 Å². The number of aromatic nitrogens is 4. The Morgan fingerprint density at radius 2 is 1.84 bits per heavy atom. The summed E-state index contributed by atoms with van der Waals surface area (Å²) < 4.78 is 24.8. The molecule has 2 aromatic carbocycles. The molecule has 220 valence electrons. The molecule has 12 heteroatoms. The van der Waals surface area contributed by atoms with Gasteiger partial charge in [-0.1, -0.05) is 12.1 Å². The Bertz CT molecular complexity index is 1900. The molecule has 10 nitrogen and oxygen atoms in total. The summed E-state index contributed by atoms with van der Waals surface area (Å²) >= 11 is 2.89. The quantitative estimate of drug-likeness (QED) is 0.181. The maximum atomic E-state index is 13.1. The number of methoxy groups -OCH3 is 2. The van der Waals surface area contributed by atoms with Gasteiger partial charge in [0.15, 0.2) is 5.76 Å². The number of thiazole rings is 1. The normalized spacial score (nSPS) is 16.8. The van der Waals surface area contributed by atoms with E-state index in [2.05, 4.69) is 23.9 Å². The van der Waals surface area contributed by atoms with Crippen LogP contribution in [0.3, 0.4) is 0 Å². The fraction of sp³-hybridized carbons (Fsp3) is 0.290. The van der Waals surface area contributed by atoms with Crippen molar-refractivity contribution in [2.75, 3.05) is 14.2 Å². The summed E-state index contributed by atoms with van der Waals surface area (Å²) in [6.07, 6.45) is 3.90. The second-order valence-electron chi connectivity index (χ2n) is 10.6. The Labute approximate surface area is 255 Å². The summed E-state index contributed by atoms with van der Waals surface area (Å²) in [4.78, 5) is 25.2. The highest BCUT2D eigenvalue weighted by molar-refractivity contribution is 7.18. The third kappa shape index (κ3) is 5.10. The van der Waals surface area contributed by atoms with Gasteiger partial charge in [-0.05, 0) is 56.2 Å². The minimum Gasteiger partial charge on any atom is -0.496 e. The van der Waals surface area contributed by atoms with Gasteiger partial charge in [-0.25, -0.2) is 14.5 Å². The van der Waals surface area contributed by atoms with Gasteiger partial charge < -0.3 is 23.5 Å². The second-order valence-corrected chi connectivity index (χ2v) is 12.3. The molecule has 2 atom stereocenters. The number of carbonyl (C=O) groups excluding carboxylic acids is 1. The number of hydrogen-bond donors (Lipinski definition) is 0. The zero-order valence-electron chi connectivity index (χ0n) is 24.1. The predicted octanol–water partition coefficient (Wildman–Crippen LogP) is 6.94. The Balaban J connectivity index is 1.08. The van der Waals surface area contributed by atoms with Gasteiger partial charge in [0.2, 0.25) is 4.96 Å². The number of imidazole rings is 1. The Morgan fingerprint density at radius 3 is 2.56 bits per heavy atom. The van der Waals surface area contributed by atoms with E-state index in [0.29, 0.717) is 44.3 Å². The lowest BCUT2D eigenvalue weighted by Crippen LogP contribution is -2.38. The number of hydrogen-bond acceptors (Lipinski definition) is 10. The van der Waals surface area contributed by atoms with Crippen LogP contribution in [0.15, 0.2) is 58.5 Å². The lowest BCUT2D eigenvalue weighted by atomic mass is 10.1. The third-order valence-electron chi connectivity index (χ3n) is 7.75. The van der Waals surface area contributed by atoms with Crippen LogP contribution in [0.2, 0.25) is 0 Å². The number of furan rings is 1. The Morgan fingerprint density at radius 1 is 1.05 bits per heavy atom. The zero-order valence-corrected chi connectivity index (χ0v) is 25.7. The first-order valence-corrected chi connectivity index (χ1v) is 15.6. The van der Waals surface area contributed by atoms with Gasteiger partial charge in [-0.2, -0.15) is 0 Å². The molecular weight excluding hydrogens is 587 g/mol. The summed E-state index contributed by atoms with van der Waals surface area (Å²) in [6, 6.07) is 13.8. The molecule has 0 N–H and O–H groups in total. The number of rotatable bonds is 8. The molecule has 1 saturated heterocycles. The molecule has 0 bridgehead atoms. The summed E-state index contributed by atoms with van der Waals surface area (Å²) in [5.74, 6) is 1.92. The van der Waals surface area contributed by atoms with Gasteiger partial charge in [-0.3, -0.25) is 4.79 Å². The number of likely N-dealkylation sites (tertiary alicyclic amines) is 1. The van der Waals surface area contributed by atoms with Crippen molar-refractivity contribution in [1.29, 1.82) is 0 Å². The minimum absolute atomic E-state index is 0.0916. The smallest absolute Gasteiger partial charge is 0.294 e. The number of ether oxygens (including phenoxy) is 3. The Kier molecular flexibility index (Phi) is 7.02. The fourth-order valence-corrected chi connectivity index (χ4v) is 7.00. The van der Waals surface area contributed by atoms with E-state index in [1.165, 1.54) is 11.3 Å². The van der Waals surface area contributed by atoms with Crippen LogP contribution < -0.4 is 14.2 Å². The zero-order chi connectivity index (χ0) is 29.7. The van der Waals surface area contributed by atoms with Crippen molar-refractivity contribution in [1.82, 2.24) is 24.5 Å². The van der Waals surface area contributed by atoms with Crippen molar-refractivity contribution in [3.63, 3.8) is 0 Å². The van der Waals surface area contributed by atoms with Crippen LogP contribution in [0.1, 0.15) is 42.7 Å². The molecule has 0 aliphatic carbocycles. The van der Waals surface area contributed by atoms with Crippen molar-refractivity contribution < 1.29 is 23.4 Å². The average molecular weight is 616 g/mol. The van der Waals surface area contributed by atoms with Crippen LogP contribution >= 0.6 is 22.7 Å². The summed E-state index contributed by atoms with van der Waals surface area (Å²) in [6.45, 7) is 4.51. The van der Waals surface area contributed by atoms with E-state index in [1.807, 2.05) is 52.7 Å². The van der Waals surface area contributed by atoms with E-state index in [9.17, 15) is 4.79 Å². The van der Waals surface area contributed by atoms with Gasteiger partial charge >= 0.3 is 0 Å². The van der Waals surface area contributed by atoms with Crippen LogP contribution in [-0.2, 0) is 6.61 Å². The standard InChI is InChI=1S/C31H29N5O5S2/c1-17-5-6-18(2)36(17)29(37)20-9-7-19(8-10-20)28-32-21(16-42-28)15-40-25-11-22(38-3)12-26-23(25)13-27(41-26)24-14-35-30(33-24)43-31(34-35)39-4/h7-14,16-18H,5-6,15H2,1-4H3. The molecule has 0 saturated carbocycles. The number of fused-ring (bicyclic) bond motifs is 2. The lowest BCUT2D eigenvalue weighted by molar-refractivity contribution is 0.0693. The van der Waals surface area contributed by atoms with Crippen molar-refractivity contribution in [2.24, 2.45) is 0 Å². The molecule has 4 aromatic heterocycles. The molecule has 0 radical (unpaired) electrons. The number of benzene rings is 2. The molecule has 2 unspecified atom stereocenters. The largest absolute Gasteiger partial charge is 0.496 e. The highest BCUT2D eigenvalue weighted by atomic mass is 32.1. The molecule has 0 spiro atoms. The van der Waals surface area contributed by atoms with Crippen LogP contribution in [0.4, 0.5) is 0 Å². The van der Waals surface area contributed by atoms with Crippen molar-refractivity contribution >= 4 is 44.5 Å². The van der Waals surface area contributed by atoms with Crippen molar-refractivity contribution in [2.45, 2.75) is 45.4 Å². The fourth-order valence-electron chi connectivity index (χ4n) is 5.49. The molecule has 6 aromatic rings. The Hall–Kier alpha value is -4.42. The van der Waals surface area contributed by atoms with Crippen LogP contribution in [-0.4, -0.2) is 56.7 Å². The van der Waals surface area contributed by atoms with Gasteiger partial charge in [0.1, 0.15) is 34.4 Å². The molecular formula is C31H29N5O5S2. The average Bonchev–Trinajstić information content (AvgIpc) is 3.84. The molecule has 1 aliphatic heterocycles. The minimum atomic E-state index is 0.0916. The van der Waals surface area contributed by atoms with E-state index in [-0.39, 0.29) is 24.6 Å². The molecule has 5 heterocycles. The van der Waals surface area contributed by atoms with Crippen molar-refractivity contribution in [3.8, 4) is 38.7 Å². The van der Waals surface area contributed by atoms with Gasteiger partial charge in [0, 0.05) is 40.7 Å². The predicted molar refractivity (Wildman–Crippen MR) is 165 cm³/mol. The first-order chi connectivity index (χ1) is 20.9. The maximum absolute atomic E-state index is 13.1. The van der Waals surface area contributed by atoms with Gasteiger partial charge in [0.25, 0.3) is 11.1 Å². The highest BCUT2D eigenvalue weighted by Gasteiger charge is 2.31. The molecule has 1 amide bonds. The molecule has 43 heavy (non-hydrogen) atoms. The number of carbonyl (C=O) groups is 1. The number of amides is 1. The highest BCUT2D eigenvalue weighted by Crippen LogP contribution is 2.38. The molecule has 7 rings (SSSR count). The third-order valence-corrected chi connectivity index (χ3v) is 9.58. The van der Waals surface area contributed by atoms with E-state index < -0.39 is 0 Å². The van der Waals surface area contributed by atoms with E-state index in [0.717, 1.165) is 34.5 Å².